The van der Waals surface area contributed by atoms with Gasteiger partial charge < -0.3 is 9.84 Å². The molecule has 20 heavy (non-hydrogen) atoms. The molecule has 1 rings (SSSR count). The van der Waals surface area contributed by atoms with Gasteiger partial charge in [-0.3, -0.25) is 5.32 Å². The van der Waals surface area contributed by atoms with Crippen molar-refractivity contribution in [3.8, 4) is 0 Å². The molecule has 0 aliphatic heterocycles. The Morgan fingerprint density at radius 2 is 2.10 bits per heavy atom. The second-order valence-corrected chi connectivity index (χ2v) is 4.86. The van der Waals surface area contributed by atoms with Crippen molar-refractivity contribution in [2.24, 2.45) is 5.92 Å². The van der Waals surface area contributed by atoms with E-state index in [1.165, 1.54) is 6.08 Å². The Kier molecular flexibility index (Phi) is 5.77. The summed E-state index contributed by atoms with van der Waals surface area (Å²) in [7, 11) is 0. The molecule has 2 N–H and O–H groups in total. The number of amides is 1. The number of carbonyl (C=O) groups excluding carboxylic acids is 1. The van der Waals surface area contributed by atoms with Crippen molar-refractivity contribution in [3.05, 3.63) is 35.4 Å². The zero-order chi connectivity index (χ0) is 15.1. The van der Waals surface area contributed by atoms with Crippen molar-refractivity contribution in [1.82, 2.24) is 0 Å². The number of ether oxygens (including phenoxy) is 1. The van der Waals surface area contributed by atoms with Crippen molar-refractivity contribution >= 4 is 23.8 Å². The SMILES string of the molecule is Cc1ccc(C=CC(=O)O)cc1NC(=O)OCC(C)C. The van der Waals surface area contributed by atoms with Gasteiger partial charge in [-0.2, -0.15) is 0 Å². The summed E-state index contributed by atoms with van der Waals surface area (Å²) in [5, 5.41) is 11.2. The van der Waals surface area contributed by atoms with Crippen LogP contribution in [-0.4, -0.2) is 23.8 Å². The van der Waals surface area contributed by atoms with Crippen LogP contribution in [0.15, 0.2) is 24.3 Å². The van der Waals surface area contributed by atoms with E-state index >= 15 is 0 Å². The van der Waals surface area contributed by atoms with Gasteiger partial charge in [-0.15, -0.1) is 0 Å². The third-order valence-electron chi connectivity index (χ3n) is 2.46. The Bertz CT molecular complexity index is 521. The molecule has 0 aromatic heterocycles. The average molecular weight is 277 g/mol. The van der Waals surface area contributed by atoms with Crippen molar-refractivity contribution in [2.45, 2.75) is 20.8 Å². The summed E-state index contributed by atoms with van der Waals surface area (Å²) in [4.78, 5) is 22.1. The number of aryl methyl sites for hydroxylation is 1. The quantitative estimate of drug-likeness (QED) is 0.810. The Balaban J connectivity index is 2.76. The highest BCUT2D eigenvalue weighted by molar-refractivity contribution is 5.88. The van der Waals surface area contributed by atoms with E-state index in [4.69, 9.17) is 9.84 Å². The first-order chi connectivity index (χ1) is 9.38. The minimum atomic E-state index is -1.02. The number of nitrogens with one attached hydrogen (secondary N) is 1. The zero-order valence-corrected chi connectivity index (χ0v) is 11.8. The van der Waals surface area contributed by atoms with Crippen LogP contribution in [0.3, 0.4) is 0 Å². The number of hydrogen-bond donors (Lipinski definition) is 2. The standard InChI is InChI=1S/C15H19NO4/c1-10(2)9-20-15(19)16-13-8-12(5-4-11(13)3)6-7-14(17)18/h4-8,10H,9H2,1-3H3,(H,16,19)(H,17,18). The summed E-state index contributed by atoms with van der Waals surface area (Å²) in [6.45, 7) is 6.11. The summed E-state index contributed by atoms with van der Waals surface area (Å²) in [5.41, 5.74) is 2.17. The minimum Gasteiger partial charge on any atom is -0.478 e. The van der Waals surface area contributed by atoms with Gasteiger partial charge in [0.25, 0.3) is 0 Å². The van der Waals surface area contributed by atoms with Crippen molar-refractivity contribution in [1.29, 1.82) is 0 Å². The molecular weight excluding hydrogens is 258 g/mol. The fourth-order valence-electron chi connectivity index (χ4n) is 1.43. The number of benzene rings is 1. The molecule has 0 aliphatic rings. The number of carbonyl (C=O) groups is 2. The molecule has 1 amide bonds. The smallest absolute Gasteiger partial charge is 0.411 e. The summed E-state index contributed by atoms with van der Waals surface area (Å²) in [6, 6.07) is 5.28. The summed E-state index contributed by atoms with van der Waals surface area (Å²) in [5.74, 6) is -0.747. The molecule has 0 saturated carbocycles. The second kappa shape index (κ2) is 7.33. The molecule has 0 radical (unpaired) electrons. The Hall–Kier alpha value is -2.30. The normalized spacial score (nSPS) is 10.8. The first-order valence-electron chi connectivity index (χ1n) is 6.34. The van der Waals surface area contributed by atoms with Gasteiger partial charge in [0.15, 0.2) is 0 Å². The number of carboxylic acids is 1. The fourth-order valence-corrected chi connectivity index (χ4v) is 1.43. The highest BCUT2D eigenvalue weighted by atomic mass is 16.5. The van der Waals surface area contributed by atoms with Gasteiger partial charge in [0.2, 0.25) is 0 Å². The van der Waals surface area contributed by atoms with Crippen LogP contribution in [0, 0.1) is 12.8 Å². The molecule has 0 unspecified atom stereocenters. The van der Waals surface area contributed by atoms with E-state index < -0.39 is 12.1 Å². The van der Waals surface area contributed by atoms with Crippen molar-refractivity contribution in [2.75, 3.05) is 11.9 Å². The van der Waals surface area contributed by atoms with Gasteiger partial charge in [0.05, 0.1) is 6.61 Å². The van der Waals surface area contributed by atoms with E-state index in [1.807, 2.05) is 20.8 Å². The molecule has 0 bridgehead atoms. The van der Waals surface area contributed by atoms with Gasteiger partial charge in [0.1, 0.15) is 0 Å². The van der Waals surface area contributed by atoms with E-state index in [0.29, 0.717) is 17.9 Å². The van der Waals surface area contributed by atoms with E-state index in [1.54, 1.807) is 18.2 Å². The third-order valence-corrected chi connectivity index (χ3v) is 2.46. The van der Waals surface area contributed by atoms with Gasteiger partial charge in [0, 0.05) is 11.8 Å². The zero-order valence-electron chi connectivity index (χ0n) is 11.8. The molecule has 5 nitrogen and oxygen atoms in total. The molecule has 0 heterocycles. The lowest BCUT2D eigenvalue weighted by molar-refractivity contribution is -0.131. The van der Waals surface area contributed by atoms with Crippen molar-refractivity contribution in [3.63, 3.8) is 0 Å². The topological polar surface area (TPSA) is 75.6 Å². The van der Waals surface area contributed by atoms with Crippen LogP contribution in [0.4, 0.5) is 10.5 Å². The summed E-state index contributed by atoms with van der Waals surface area (Å²) < 4.78 is 5.04. The number of carboxylic acid groups (broad SMARTS) is 1. The molecule has 0 fully saturated rings. The van der Waals surface area contributed by atoms with E-state index in [2.05, 4.69) is 5.32 Å². The number of aliphatic carboxylic acids is 1. The average Bonchev–Trinajstić information content (AvgIpc) is 2.37. The van der Waals surface area contributed by atoms with Gasteiger partial charge in [-0.25, -0.2) is 9.59 Å². The first kappa shape index (κ1) is 15.8. The highest BCUT2D eigenvalue weighted by Crippen LogP contribution is 2.18. The maximum Gasteiger partial charge on any atom is 0.411 e. The van der Waals surface area contributed by atoms with Gasteiger partial charge in [-0.1, -0.05) is 26.0 Å². The summed E-state index contributed by atoms with van der Waals surface area (Å²) in [6.07, 6.45) is 2.00. The minimum absolute atomic E-state index is 0.270. The number of rotatable bonds is 5. The molecule has 0 saturated heterocycles. The third kappa shape index (κ3) is 5.56. The van der Waals surface area contributed by atoms with Crippen LogP contribution in [-0.2, 0) is 9.53 Å². The fraction of sp³-hybridized carbons (Fsp3) is 0.333. The molecule has 1 aromatic rings. The lowest BCUT2D eigenvalue weighted by atomic mass is 10.1. The van der Waals surface area contributed by atoms with Crippen LogP contribution in [0.2, 0.25) is 0 Å². The van der Waals surface area contributed by atoms with Crippen LogP contribution < -0.4 is 5.32 Å². The largest absolute Gasteiger partial charge is 0.478 e. The maximum absolute atomic E-state index is 11.6. The van der Waals surface area contributed by atoms with Gasteiger partial charge >= 0.3 is 12.1 Å². The van der Waals surface area contributed by atoms with E-state index in [-0.39, 0.29) is 5.92 Å². The lowest BCUT2D eigenvalue weighted by Gasteiger charge is -2.11. The van der Waals surface area contributed by atoms with Crippen LogP contribution in [0.1, 0.15) is 25.0 Å². The molecule has 5 heteroatoms. The maximum atomic E-state index is 11.6. The molecular formula is C15H19NO4. The first-order valence-corrected chi connectivity index (χ1v) is 6.34. The second-order valence-electron chi connectivity index (χ2n) is 4.86. The summed E-state index contributed by atoms with van der Waals surface area (Å²) >= 11 is 0. The molecule has 108 valence electrons. The number of hydrogen-bond acceptors (Lipinski definition) is 3. The number of anilines is 1. The van der Waals surface area contributed by atoms with E-state index in [9.17, 15) is 9.59 Å². The Morgan fingerprint density at radius 3 is 2.70 bits per heavy atom. The molecule has 1 aromatic carbocycles. The van der Waals surface area contributed by atoms with E-state index in [0.717, 1.165) is 11.6 Å². The van der Waals surface area contributed by atoms with Gasteiger partial charge in [-0.05, 0) is 36.1 Å². The molecule has 0 aliphatic carbocycles. The molecule has 0 atom stereocenters. The monoisotopic (exact) mass is 277 g/mol. The van der Waals surface area contributed by atoms with Crippen molar-refractivity contribution < 1.29 is 19.4 Å². The lowest BCUT2D eigenvalue weighted by Crippen LogP contribution is -2.17. The Morgan fingerprint density at radius 1 is 1.40 bits per heavy atom. The predicted molar refractivity (Wildman–Crippen MR) is 77.7 cm³/mol. The van der Waals surface area contributed by atoms with Crippen LogP contribution in [0.5, 0.6) is 0 Å². The highest BCUT2D eigenvalue weighted by Gasteiger charge is 2.07. The van der Waals surface area contributed by atoms with Crippen LogP contribution in [0.25, 0.3) is 6.08 Å². The Labute approximate surface area is 118 Å². The predicted octanol–water partition coefficient (Wildman–Crippen LogP) is 3.30. The molecule has 0 spiro atoms. The van der Waals surface area contributed by atoms with Crippen LogP contribution >= 0.6 is 0 Å².